The number of hydrogen-bond acceptors (Lipinski definition) is 4. The van der Waals surface area contributed by atoms with Gasteiger partial charge >= 0.3 is 0 Å². The van der Waals surface area contributed by atoms with Gasteiger partial charge in [-0.3, -0.25) is 0 Å². The zero-order valence-electron chi connectivity index (χ0n) is 10.1. The van der Waals surface area contributed by atoms with Crippen LogP contribution in [0.1, 0.15) is 24.8 Å². The van der Waals surface area contributed by atoms with Crippen LogP contribution in [0.15, 0.2) is 6.33 Å². The molecule has 1 atom stereocenters. The van der Waals surface area contributed by atoms with Gasteiger partial charge in [0.05, 0.1) is 0 Å². The molecule has 1 aliphatic heterocycles. The molecule has 1 N–H and O–H groups in total. The molecule has 0 bridgehead atoms. The zero-order chi connectivity index (χ0) is 12.3. The van der Waals surface area contributed by atoms with Gasteiger partial charge in [0.2, 0.25) is 0 Å². The van der Waals surface area contributed by atoms with E-state index in [1.54, 1.807) is 0 Å². The van der Waals surface area contributed by atoms with E-state index < -0.39 is 0 Å². The molecule has 0 amide bonds. The number of piperidine rings is 1. The van der Waals surface area contributed by atoms with Gasteiger partial charge in [-0.1, -0.05) is 11.6 Å². The van der Waals surface area contributed by atoms with Gasteiger partial charge < -0.3 is 10.0 Å². The average Bonchev–Trinajstić information content (AvgIpc) is 2.33. The first kappa shape index (κ1) is 12.6. The lowest BCUT2D eigenvalue weighted by Gasteiger charge is -2.34. The number of nitrogens with zero attached hydrogens (tertiary/aromatic N) is 3. The minimum Gasteiger partial charge on any atom is -0.396 e. The molecule has 5 heteroatoms. The average molecular weight is 256 g/mol. The summed E-state index contributed by atoms with van der Waals surface area (Å²) in [6, 6.07) is 0. The van der Waals surface area contributed by atoms with Gasteiger partial charge in [-0.2, -0.15) is 0 Å². The third kappa shape index (κ3) is 2.87. The van der Waals surface area contributed by atoms with Crippen molar-refractivity contribution in [2.75, 3.05) is 24.6 Å². The van der Waals surface area contributed by atoms with Gasteiger partial charge in [0.15, 0.2) is 0 Å². The van der Waals surface area contributed by atoms with Crippen LogP contribution in [0.25, 0.3) is 0 Å². The number of rotatable bonds is 3. The molecule has 0 saturated carbocycles. The van der Waals surface area contributed by atoms with Crippen LogP contribution in [0, 0.1) is 12.8 Å². The number of aliphatic hydroxyl groups is 1. The Morgan fingerprint density at radius 2 is 2.35 bits per heavy atom. The Morgan fingerprint density at radius 1 is 1.53 bits per heavy atom. The Hall–Kier alpha value is -0.870. The lowest BCUT2D eigenvalue weighted by atomic mass is 9.95. The summed E-state index contributed by atoms with van der Waals surface area (Å²) in [5.74, 6) is 1.49. The van der Waals surface area contributed by atoms with Crippen molar-refractivity contribution in [3.8, 4) is 0 Å². The van der Waals surface area contributed by atoms with Crippen LogP contribution in [0.2, 0.25) is 5.15 Å². The summed E-state index contributed by atoms with van der Waals surface area (Å²) < 4.78 is 0. The highest BCUT2D eigenvalue weighted by molar-refractivity contribution is 6.30. The second kappa shape index (κ2) is 5.65. The van der Waals surface area contributed by atoms with Crippen molar-refractivity contribution in [1.82, 2.24) is 9.97 Å². The van der Waals surface area contributed by atoms with E-state index in [-0.39, 0.29) is 6.61 Å². The van der Waals surface area contributed by atoms with Crippen LogP contribution in [0.3, 0.4) is 0 Å². The van der Waals surface area contributed by atoms with Gasteiger partial charge in [0.1, 0.15) is 17.3 Å². The largest absolute Gasteiger partial charge is 0.396 e. The molecular formula is C12H18ClN3O. The fourth-order valence-electron chi connectivity index (χ4n) is 2.41. The van der Waals surface area contributed by atoms with Crippen molar-refractivity contribution < 1.29 is 5.11 Å². The molecule has 1 aromatic rings. The molecule has 1 unspecified atom stereocenters. The SMILES string of the molecule is Cc1c(Cl)ncnc1N1CCCC(CCO)C1. The van der Waals surface area contributed by atoms with E-state index in [0.717, 1.165) is 37.3 Å². The summed E-state index contributed by atoms with van der Waals surface area (Å²) in [7, 11) is 0. The van der Waals surface area contributed by atoms with Crippen LogP contribution in [0.5, 0.6) is 0 Å². The highest BCUT2D eigenvalue weighted by Crippen LogP contribution is 2.27. The first-order valence-electron chi connectivity index (χ1n) is 6.05. The maximum atomic E-state index is 9.01. The monoisotopic (exact) mass is 255 g/mol. The van der Waals surface area contributed by atoms with Gasteiger partial charge in [0, 0.05) is 25.3 Å². The predicted molar refractivity (Wildman–Crippen MR) is 68.4 cm³/mol. The molecule has 0 radical (unpaired) electrons. The van der Waals surface area contributed by atoms with E-state index in [2.05, 4.69) is 14.9 Å². The normalized spacial score (nSPS) is 20.6. The molecule has 0 aromatic carbocycles. The van der Waals surface area contributed by atoms with E-state index in [1.165, 1.54) is 12.7 Å². The summed E-state index contributed by atoms with van der Waals surface area (Å²) in [6.45, 7) is 4.18. The first-order chi connectivity index (χ1) is 8.22. The summed E-state index contributed by atoms with van der Waals surface area (Å²) >= 11 is 6.01. The van der Waals surface area contributed by atoms with Crippen molar-refractivity contribution in [2.24, 2.45) is 5.92 Å². The van der Waals surface area contributed by atoms with E-state index in [9.17, 15) is 0 Å². The van der Waals surface area contributed by atoms with Crippen molar-refractivity contribution in [2.45, 2.75) is 26.2 Å². The summed E-state index contributed by atoms with van der Waals surface area (Å²) in [6.07, 6.45) is 4.72. The molecule has 0 aliphatic carbocycles. The third-order valence-electron chi connectivity index (χ3n) is 3.35. The van der Waals surface area contributed by atoms with Crippen molar-refractivity contribution in [1.29, 1.82) is 0 Å². The topological polar surface area (TPSA) is 49.2 Å². The number of anilines is 1. The Kier molecular flexibility index (Phi) is 4.18. The maximum absolute atomic E-state index is 9.01. The maximum Gasteiger partial charge on any atom is 0.137 e. The Bertz CT molecular complexity index is 384. The number of aromatic nitrogens is 2. The van der Waals surface area contributed by atoms with Crippen LogP contribution in [0.4, 0.5) is 5.82 Å². The van der Waals surface area contributed by atoms with Crippen LogP contribution >= 0.6 is 11.6 Å². The summed E-state index contributed by atoms with van der Waals surface area (Å²) in [5, 5.41) is 9.54. The highest BCUT2D eigenvalue weighted by Gasteiger charge is 2.22. The van der Waals surface area contributed by atoms with E-state index in [0.29, 0.717) is 11.1 Å². The second-order valence-corrected chi connectivity index (χ2v) is 4.94. The Balaban J connectivity index is 2.13. The molecular weight excluding hydrogens is 238 g/mol. The fourth-order valence-corrected chi connectivity index (χ4v) is 2.54. The second-order valence-electron chi connectivity index (χ2n) is 4.58. The minimum absolute atomic E-state index is 0.266. The first-order valence-corrected chi connectivity index (χ1v) is 6.43. The minimum atomic E-state index is 0.266. The van der Waals surface area contributed by atoms with Crippen molar-refractivity contribution in [3.05, 3.63) is 17.0 Å². The van der Waals surface area contributed by atoms with Crippen LogP contribution in [-0.4, -0.2) is 34.8 Å². The Labute approximate surface area is 107 Å². The lowest BCUT2D eigenvalue weighted by molar-refractivity contribution is 0.244. The standard InChI is InChI=1S/C12H18ClN3O/c1-9-11(13)14-8-15-12(9)16-5-2-3-10(7-16)4-6-17/h8,10,17H,2-7H2,1H3. The number of halogens is 1. The molecule has 1 fully saturated rings. The quantitative estimate of drug-likeness (QED) is 0.840. The number of aliphatic hydroxyl groups excluding tert-OH is 1. The van der Waals surface area contributed by atoms with Gasteiger partial charge in [-0.05, 0) is 32.1 Å². The fraction of sp³-hybridized carbons (Fsp3) is 0.667. The zero-order valence-corrected chi connectivity index (χ0v) is 10.8. The van der Waals surface area contributed by atoms with Gasteiger partial charge in [0.25, 0.3) is 0 Å². The molecule has 1 aliphatic rings. The molecule has 1 aromatic heterocycles. The molecule has 1 saturated heterocycles. The molecule has 2 rings (SSSR count). The molecule has 2 heterocycles. The van der Waals surface area contributed by atoms with E-state index in [1.807, 2.05) is 6.92 Å². The highest BCUT2D eigenvalue weighted by atomic mass is 35.5. The van der Waals surface area contributed by atoms with Crippen molar-refractivity contribution in [3.63, 3.8) is 0 Å². The van der Waals surface area contributed by atoms with Crippen LogP contribution < -0.4 is 4.90 Å². The lowest BCUT2D eigenvalue weighted by Crippen LogP contribution is -2.36. The molecule has 94 valence electrons. The van der Waals surface area contributed by atoms with E-state index >= 15 is 0 Å². The third-order valence-corrected chi connectivity index (χ3v) is 3.73. The summed E-state index contributed by atoms with van der Waals surface area (Å²) in [5.41, 5.74) is 0.943. The smallest absolute Gasteiger partial charge is 0.137 e. The predicted octanol–water partition coefficient (Wildman–Crippen LogP) is 2.04. The molecule has 4 nitrogen and oxygen atoms in total. The number of hydrogen-bond donors (Lipinski definition) is 1. The molecule has 17 heavy (non-hydrogen) atoms. The van der Waals surface area contributed by atoms with Crippen LogP contribution in [-0.2, 0) is 0 Å². The Morgan fingerprint density at radius 3 is 3.12 bits per heavy atom. The van der Waals surface area contributed by atoms with E-state index in [4.69, 9.17) is 16.7 Å². The molecule has 0 spiro atoms. The van der Waals surface area contributed by atoms with Gasteiger partial charge in [-0.25, -0.2) is 9.97 Å². The summed E-state index contributed by atoms with van der Waals surface area (Å²) in [4.78, 5) is 10.6. The van der Waals surface area contributed by atoms with Crippen molar-refractivity contribution >= 4 is 17.4 Å². The van der Waals surface area contributed by atoms with Gasteiger partial charge in [-0.15, -0.1) is 0 Å².